The van der Waals surface area contributed by atoms with E-state index >= 15 is 0 Å². The van der Waals surface area contributed by atoms with E-state index in [9.17, 15) is 0 Å². The fourth-order valence-corrected chi connectivity index (χ4v) is 2.42. The van der Waals surface area contributed by atoms with E-state index in [1.54, 1.807) is 6.20 Å². The van der Waals surface area contributed by atoms with Crippen molar-refractivity contribution in [1.82, 2.24) is 4.98 Å². The van der Waals surface area contributed by atoms with Crippen molar-refractivity contribution < 1.29 is 4.74 Å². The number of hydrogen-bond donors (Lipinski definition) is 0. The molecule has 2 aromatic rings. The second-order valence-electron chi connectivity index (χ2n) is 5.37. The van der Waals surface area contributed by atoms with Gasteiger partial charge in [-0.15, -0.1) is 11.6 Å². The van der Waals surface area contributed by atoms with Crippen LogP contribution in [-0.2, 0) is 5.88 Å². The van der Waals surface area contributed by atoms with Crippen LogP contribution in [-0.4, -0.2) is 4.98 Å². The molecule has 0 aliphatic heterocycles. The quantitative estimate of drug-likeness (QED) is 0.708. The molecule has 0 saturated heterocycles. The first kappa shape index (κ1) is 14.9. The molecular weight excluding hydrogens is 270 g/mol. The molecule has 2 nitrogen and oxygen atoms in total. The zero-order chi connectivity index (χ0) is 14.7. The number of hydrogen-bond acceptors (Lipinski definition) is 2. The maximum atomic E-state index is 5.87. The minimum absolute atomic E-state index is 0.469. The number of halogens is 1. The molecule has 0 bridgehead atoms. The molecule has 20 heavy (non-hydrogen) atoms. The van der Waals surface area contributed by atoms with Gasteiger partial charge in [-0.25, -0.2) is 4.98 Å². The van der Waals surface area contributed by atoms with E-state index in [0.717, 1.165) is 16.9 Å². The van der Waals surface area contributed by atoms with Gasteiger partial charge in [0.1, 0.15) is 5.75 Å². The minimum atomic E-state index is 0.469. The van der Waals surface area contributed by atoms with Crippen molar-refractivity contribution in [3.63, 3.8) is 0 Å². The molecule has 1 heterocycles. The third-order valence-electron chi connectivity index (χ3n) is 3.32. The number of benzene rings is 1. The van der Waals surface area contributed by atoms with Crippen molar-refractivity contribution in [2.75, 3.05) is 0 Å². The lowest BCUT2D eigenvalue weighted by atomic mass is 9.98. The lowest BCUT2D eigenvalue weighted by Gasteiger charge is -2.13. The van der Waals surface area contributed by atoms with Crippen LogP contribution in [0.2, 0.25) is 0 Å². The van der Waals surface area contributed by atoms with Crippen LogP contribution in [0.25, 0.3) is 0 Å². The summed E-state index contributed by atoms with van der Waals surface area (Å²) in [5.74, 6) is 2.44. The first-order valence-electron chi connectivity index (χ1n) is 6.81. The van der Waals surface area contributed by atoms with Gasteiger partial charge in [-0.2, -0.15) is 0 Å². The molecule has 0 aliphatic carbocycles. The molecule has 0 amide bonds. The topological polar surface area (TPSA) is 22.1 Å². The molecule has 0 aliphatic rings. The maximum absolute atomic E-state index is 5.87. The van der Waals surface area contributed by atoms with Crippen molar-refractivity contribution in [2.45, 2.75) is 39.5 Å². The molecule has 0 unspecified atom stereocenters. The predicted molar refractivity (Wildman–Crippen MR) is 83.9 cm³/mol. The molecular formula is C17H20ClNO. The Morgan fingerprint density at radius 2 is 1.90 bits per heavy atom. The van der Waals surface area contributed by atoms with Gasteiger partial charge in [0.25, 0.3) is 0 Å². The molecule has 106 valence electrons. The highest BCUT2D eigenvalue weighted by molar-refractivity contribution is 6.17. The first-order valence-corrected chi connectivity index (χ1v) is 7.34. The predicted octanol–water partition coefficient (Wildman–Crippen LogP) is 5.35. The summed E-state index contributed by atoms with van der Waals surface area (Å²) in [5, 5.41) is 0. The fraction of sp³-hybridized carbons (Fsp3) is 0.353. The van der Waals surface area contributed by atoms with E-state index in [0.29, 0.717) is 17.7 Å². The summed E-state index contributed by atoms with van der Waals surface area (Å²) >= 11 is 5.80. The van der Waals surface area contributed by atoms with Crippen LogP contribution in [0.5, 0.6) is 11.6 Å². The Morgan fingerprint density at radius 3 is 2.45 bits per heavy atom. The van der Waals surface area contributed by atoms with E-state index < -0.39 is 0 Å². The molecule has 0 atom stereocenters. The van der Waals surface area contributed by atoms with Gasteiger partial charge < -0.3 is 4.74 Å². The normalized spacial score (nSPS) is 10.9. The Hall–Kier alpha value is -1.54. The molecule has 0 fully saturated rings. The number of pyridine rings is 1. The van der Waals surface area contributed by atoms with Crippen molar-refractivity contribution in [3.05, 3.63) is 52.7 Å². The van der Waals surface area contributed by atoms with Gasteiger partial charge in [0.15, 0.2) is 0 Å². The van der Waals surface area contributed by atoms with E-state index in [4.69, 9.17) is 16.3 Å². The number of ether oxygens (including phenoxy) is 1. The number of rotatable bonds is 4. The van der Waals surface area contributed by atoms with Crippen molar-refractivity contribution in [2.24, 2.45) is 0 Å². The summed E-state index contributed by atoms with van der Waals surface area (Å²) in [7, 11) is 0. The third-order valence-corrected chi connectivity index (χ3v) is 3.63. The monoisotopic (exact) mass is 289 g/mol. The van der Waals surface area contributed by atoms with Crippen LogP contribution in [0.1, 0.15) is 42.0 Å². The highest BCUT2D eigenvalue weighted by Crippen LogP contribution is 2.28. The van der Waals surface area contributed by atoms with Gasteiger partial charge in [-0.3, -0.25) is 0 Å². The number of alkyl halides is 1. The molecule has 3 heteroatoms. The fourth-order valence-electron chi connectivity index (χ4n) is 2.27. The average Bonchev–Trinajstić information content (AvgIpc) is 2.40. The zero-order valence-corrected chi connectivity index (χ0v) is 13.2. The Morgan fingerprint density at radius 1 is 1.15 bits per heavy atom. The van der Waals surface area contributed by atoms with Gasteiger partial charge in [0.05, 0.1) is 0 Å². The van der Waals surface area contributed by atoms with Gasteiger partial charge in [-0.1, -0.05) is 19.9 Å². The van der Waals surface area contributed by atoms with E-state index in [2.05, 4.69) is 37.9 Å². The van der Waals surface area contributed by atoms with E-state index in [1.165, 1.54) is 11.1 Å². The van der Waals surface area contributed by atoms with Crippen LogP contribution < -0.4 is 4.74 Å². The van der Waals surface area contributed by atoms with Crippen LogP contribution in [0.15, 0.2) is 30.5 Å². The lowest BCUT2D eigenvalue weighted by Crippen LogP contribution is -1.96. The van der Waals surface area contributed by atoms with Crippen LogP contribution in [0.3, 0.4) is 0 Å². The molecule has 1 aromatic carbocycles. The van der Waals surface area contributed by atoms with Crippen molar-refractivity contribution >= 4 is 11.6 Å². The Bertz CT molecular complexity index is 608. The molecule has 0 radical (unpaired) electrons. The molecule has 0 saturated carbocycles. The highest BCUT2D eigenvalue weighted by atomic mass is 35.5. The first-order chi connectivity index (χ1) is 9.51. The van der Waals surface area contributed by atoms with Crippen molar-refractivity contribution in [1.29, 1.82) is 0 Å². The van der Waals surface area contributed by atoms with Crippen LogP contribution in [0.4, 0.5) is 0 Å². The van der Waals surface area contributed by atoms with E-state index in [1.807, 2.05) is 19.1 Å². The summed E-state index contributed by atoms with van der Waals surface area (Å²) < 4.78 is 5.87. The smallest absolute Gasteiger partial charge is 0.222 e. The summed E-state index contributed by atoms with van der Waals surface area (Å²) in [4.78, 5) is 4.32. The number of aromatic nitrogens is 1. The summed E-state index contributed by atoms with van der Waals surface area (Å²) in [6.07, 6.45) is 1.75. The zero-order valence-electron chi connectivity index (χ0n) is 12.4. The number of aryl methyl sites for hydroxylation is 2. The molecule has 0 N–H and O–H groups in total. The molecule has 2 rings (SSSR count). The summed E-state index contributed by atoms with van der Waals surface area (Å²) in [6.45, 7) is 8.48. The standard InChI is InChI=1S/C17H20ClNO/c1-11(2)16-6-5-15(8-12(16)3)20-17-13(4)7-14(9-18)10-19-17/h5-8,10-11H,9H2,1-4H3. The Labute approximate surface area is 125 Å². The summed E-state index contributed by atoms with van der Waals surface area (Å²) in [5.41, 5.74) is 4.59. The summed E-state index contributed by atoms with van der Waals surface area (Å²) in [6, 6.07) is 8.19. The van der Waals surface area contributed by atoms with Gasteiger partial charge >= 0.3 is 0 Å². The van der Waals surface area contributed by atoms with E-state index in [-0.39, 0.29) is 0 Å². The largest absolute Gasteiger partial charge is 0.439 e. The maximum Gasteiger partial charge on any atom is 0.222 e. The van der Waals surface area contributed by atoms with Gasteiger partial charge in [-0.05, 0) is 54.7 Å². The Balaban J connectivity index is 2.24. The van der Waals surface area contributed by atoms with Gasteiger partial charge in [0, 0.05) is 17.6 Å². The lowest BCUT2D eigenvalue weighted by molar-refractivity contribution is 0.458. The second-order valence-corrected chi connectivity index (χ2v) is 5.64. The number of nitrogens with zero attached hydrogens (tertiary/aromatic N) is 1. The minimum Gasteiger partial charge on any atom is -0.439 e. The van der Waals surface area contributed by atoms with Crippen LogP contribution in [0, 0.1) is 13.8 Å². The van der Waals surface area contributed by atoms with Crippen molar-refractivity contribution in [3.8, 4) is 11.6 Å². The Kier molecular flexibility index (Phi) is 4.66. The third kappa shape index (κ3) is 3.31. The molecule has 0 spiro atoms. The molecule has 1 aromatic heterocycles. The highest BCUT2D eigenvalue weighted by Gasteiger charge is 2.08. The SMILES string of the molecule is Cc1cc(Oc2ncc(CCl)cc2C)ccc1C(C)C. The van der Waals surface area contributed by atoms with Gasteiger partial charge in [0.2, 0.25) is 5.88 Å². The second kappa shape index (κ2) is 6.27. The van der Waals surface area contributed by atoms with Crippen LogP contribution >= 0.6 is 11.6 Å². The average molecular weight is 290 g/mol.